The number of carbonyl (C=O) groups is 1. The van der Waals surface area contributed by atoms with Gasteiger partial charge in [0.05, 0.1) is 27.0 Å². The smallest absolute Gasteiger partial charge is 0.323 e. The maximum atomic E-state index is 12.3. The molecule has 128 valence electrons. The van der Waals surface area contributed by atoms with Gasteiger partial charge in [0.15, 0.2) is 11.5 Å². The van der Waals surface area contributed by atoms with Crippen LogP contribution in [0.25, 0.3) is 0 Å². The number of carbonyl (C=O) groups excluding carboxylic acids is 1. The lowest BCUT2D eigenvalue weighted by molar-refractivity contribution is 0.262. The monoisotopic (exact) mass is 330 g/mol. The highest BCUT2D eigenvalue weighted by Crippen LogP contribution is 2.39. The Labute approximate surface area is 141 Å². The van der Waals surface area contributed by atoms with Crippen molar-refractivity contribution in [2.24, 2.45) is 0 Å². The van der Waals surface area contributed by atoms with Crippen molar-refractivity contribution in [3.63, 3.8) is 0 Å². The molecule has 0 aliphatic heterocycles. The number of ether oxygens (including phenoxy) is 3. The van der Waals surface area contributed by atoms with Crippen LogP contribution in [-0.4, -0.2) is 27.4 Å². The Bertz CT molecular complexity index is 719. The molecule has 0 spiro atoms. The van der Waals surface area contributed by atoms with Crippen molar-refractivity contribution in [3.05, 3.63) is 41.5 Å². The molecular weight excluding hydrogens is 308 g/mol. The van der Waals surface area contributed by atoms with Gasteiger partial charge in [0.25, 0.3) is 0 Å². The predicted molar refractivity (Wildman–Crippen MR) is 94.7 cm³/mol. The van der Waals surface area contributed by atoms with Gasteiger partial charge in [0.1, 0.15) is 0 Å². The molecule has 0 aromatic heterocycles. The highest BCUT2D eigenvalue weighted by atomic mass is 16.5. The summed E-state index contributed by atoms with van der Waals surface area (Å²) in [5.41, 5.74) is 3.36. The second-order valence-corrected chi connectivity index (χ2v) is 5.31. The van der Waals surface area contributed by atoms with Gasteiger partial charge in [0, 0.05) is 17.8 Å². The lowest BCUT2D eigenvalue weighted by atomic mass is 10.1. The Morgan fingerprint density at radius 3 is 2.04 bits per heavy atom. The van der Waals surface area contributed by atoms with E-state index in [1.54, 1.807) is 12.1 Å². The van der Waals surface area contributed by atoms with Crippen molar-refractivity contribution >= 4 is 17.4 Å². The minimum Gasteiger partial charge on any atom is -0.493 e. The second-order valence-electron chi connectivity index (χ2n) is 5.31. The third-order valence-electron chi connectivity index (χ3n) is 3.56. The molecule has 0 radical (unpaired) electrons. The molecule has 2 aromatic carbocycles. The number of hydrogen-bond acceptors (Lipinski definition) is 4. The van der Waals surface area contributed by atoms with Gasteiger partial charge in [-0.25, -0.2) is 4.79 Å². The zero-order valence-corrected chi connectivity index (χ0v) is 14.5. The number of methoxy groups -OCH3 is 3. The van der Waals surface area contributed by atoms with Crippen LogP contribution in [-0.2, 0) is 0 Å². The molecule has 0 bridgehead atoms. The molecule has 0 aliphatic carbocycles. The molecule has 0 saturated carbocycles. The number of hydrogen-bond donors (Lipinski definition) is 2. The first-order chi connectivity index (χ1) is 11.5. The van der Waals surface area contributed by atoms with Gasteiger partial charge in [-0.3, -0.25) is 0 Å². The van der Waals surface area contributed by atoms with E-state index in [1.807, 2.05) is 32.0 Å². The Morgan fingerprint density at radius 2 is 1.50 bits per heavy atom. The molecule has 0 atom stereocenters. The van der Waals surface area contributed by atoms with Crippen molar-refractivity contribution in [1.82, 2.24) is 0 Å². The first-order valence-corrected chi connectivity index (χ1v) is 7.43. The second kappa shape index (κ2) is 7.59. The van der Waals surface area contributed by atoms with Crippen LogP contribution in [0.4, 0.5) is 16.2 Å². The first kappa shape index (κ1) is 17.5. The molecule has 0 heterocycles. The lowest BCUT2D eigenvalue weighted by Gasteiger charge is -2.15. The molecule has 24 heavy (non-hydrogen) atoms. The molecule has 6 nitrogen and oxygen atoms in total. The van der Waals surface area contributed by atoms with Gasteiger partial charge in [-0.1, -0.05) is 12.1 Å². The van der Waals surface area contributed by atoms with E-state index < -0.39 is 0 Å². The Balaban J connectivity index is 2.21. The zero-order valence-electron chi connectivity index (χ0n) is 14.5. The summed E-state index contributed by atoms with van der Waals surface area (Å²) in [6.07, 6.45) is 0. The van der Waals surface area contributed by atoms with Crippen LogP contribution in [0.1, 0.15) is 11.1 Å². The maximum absolute atomic E-state index is 12.3. The van der Waals surface area contributed by atoms with E-state index in [2.05, 4.69) is 10.6 Å². The standard InChI is InChI=1S/C18H22N2O4/c1-11-6-7-12(2)14(8-11)20-18(21)19-13-9-15(22-3)17(24-5)16(10-13)23-4/h6-10H,1-5H3,(H2,19,20,21). The molecule has 0 saturated heterocycles. The van der Waals surface area contributed by atoms with Crippen molar-refractivity contribution < 1.29 is 19.0 Å². The average Bonchev–Trinajstić information content (AvgIpc) is 2.57. The fourth-order valence-electron chi connectivity index (χ4n) is 2.31. The van der Waals surface area contributed by atoms with Crippen molar-refractivity contribution in [1.29, 1.82) is 0 Å². The van der Waals surface area contributed by atoms with E-state index in [9.17, 15) is 4.79 Å². The fraction of sp³-hybridized carbons (Fsp3) is 0.278. The van der Waals surface area contributed by atoms with E-state index in [1.165, 1.54) is 21.3 Å². The van der Waals surface area contributed by atoms with Gasteiger partial charge in [0.2, 0.25) is 5.75 Å². The normalized spacial score (nSPS) is 10.0. The van der Waals surface area contributed by atoms with Gasteiger partial charge in [-0.15, -0.1) is 0 Å². The average molecular weight is 330 g/mol. The van der Waals surface area contributed by atoms with Crippen LogP contribution < -0.4 is 24.8 Å². The summed E-state index contributed by atoms with van der Waals surface area (Å²) in [6, 6.07) is 8.87. The maximum Gasteiger partial charge on any atom is 0.323 e. The topological polar surface area (TPSA) is 68.8 Å². The van der Waals surface area contributed by atoms with Crippen molar-refractivity contribution in [2.45, 2.75) is 13.8 Å². The lowest BCUT2D eigenvalue weighted by Crippen LogP contribution is -2.20. The Kier molecular flexibility index (Phi) is 5.52. The molecule has 2 N–H and O–H groups in total. The third kappa shape index (κ3) is 3.90. The Hall–Kier alpha value is -2.89. The molecule has 0 fully saturated rings. The molecule has 6 heteroatoms. The van der Waals surface area contributed by atoms with E-state index in [0.717, 1.165) is 16.8 Å². The summed E-state index contributed by atoms with van der Waals surface area (Å²) >= 11 is 0. The van der Waals surface area contributed by atoms with Gasteiger partial charge in [-0.05, 0) is 31.0 Å². The summed E-state index contributed by atoms with van der Waals surface area (Å²) in [5.74, 6) is 1.42. The Morgan fingerprint density at radius 1 is 0.875 bits per heavy atom. The van der Waals surface area contributed by atoms with Gasteiger partial charge >= 0.3 is 6.03 Å². The number of nitrogens with one attached hydrogen (secondary N) is 2. The number of urea groups is 1. The number of benzene rings is 2. The van der Waals surface area contributed by atoms with E-state index in [-0.39, 0.29) is 6.03 Å². The predicted octanol–water partition coefficient (Wildman–Crippen LogP) is 3.97. The van der Waals surface area contributed by atoms with E-state index >= 15 is 0 Å². The largest absolute Gasteiger partial charge is 0.493 e. The number of rotatable bonds is 5. The fourth-order valence-corrected chi connectivity index (χ4v) is 2.31. The summed E-state index contributed by atoms with van der Waals surface area (Å²) < 4.78 is 15.8. The highest BCUT2D eigenvalue weighted by molar-refractivity contribution is 6.00. The van der Waals surface area contributed by atoms with Gasteiger partial charge < -0.3 is 24.8 Å². The minimum atomic E-state index is -0.349. The molecule has 2 rings (SSSR count). The summed E-state index contributed by atoms with van der Waals surface area (Å²) in [7, 11) is 4.58. The quantitative estimate of drug-likeness (QED) is 0.870. The number of amides is 2. The summed E-state index contributed by atoms with van der Waals surface area (Å²) in [4.78, 5) is 12.3. The summed E-state index contributed by atoms with van der Waals surface area (Å²) in [6.45, 7) is 3.91. The number of aryl methyl sites for hydroxylation is 2. The van der Waals surface area contributed by atoms with Gasteiger partial charge in [-0.2, -0.15) is 0 Å². The van der Waals surface area contributed by atoms with Crippen LogP contribution in [0.15, 0.2) is 30.3 Å². The zero-order chi connectivity index (χ0) is 17.7. The van der Waals surface area contributed by atoms with Crippen LogP contribution >= 0.6 is 0 Å². The SMILES string of the molecule is COc1cc(NC(=O)Nc2cc(C)ccc2C)cc(OC)c1OC. The molecular formula is C18H22N2O4. The molecule has 0 aliphatic rings. The molecule has 0 unspecified atom stereocenters. The van der Waals surface area contributed by atoms with Crippen molar-refractivity contribution in [2.75, 3.05) is 32.0 Å². The van der Waals surface area contributed by atoms with Crippen LogP contribution in [0, 0.1) is 13.8 Å². The third-order valence-corrected chi connectivity index (χ3v) is 3.56. The van der Waals surface area contributed by atoms with E-state index in [4.69, 9.17) is 14.2 Å². The number of anilines is 2. The van der Waals surface area contributed by atoms with Crippen LogP contribution in [0.2, 0.25) is 0 Å². The molecule has 2 amide bonds. The van der Waals surface area contributed by atoms with Crippen LogP contribution in [0.5, 0.6) is 17.2 Å². The molecule has 2 aromatic rings. The van der Waals surface area contributed by atoms with Crippen LogP contribution in [0.3, 0.4) is 0 Å². The van der Waals surface area contributed by atoms with E-state index in [0.29, 0.717) is 22.9 Å². The first-order valence-electron chi connectivity index (χ1n) is 7.43. The summed E-state index contributed by atoms with van der Waals surface area (Å²) in [5, 5.41) is 5.61. The highest BCUT2D eigenvalue weighted by Gasteiger charge is 2.14. The minimum absolute atomic E-state index is 0.349. The van der Waals surface area contributed by atoms with Crippen molar-refractivity contribution in [3.8, 4) is 17.2 Å².